The van der Waals surface area contributed by atoms with Crippen LogP contribution in [0.5, 0.6) is 0 Å². The number of nitrogens with zero attached hydrogens (tertiary/aromatic N) is 1. The molecular formula is C11H21NO4S. The fourth-order valence-corrected chi connectivity index (χ4v) is 3.94. The molecule has 0 radical (unpaired) electrons. The summed E-state index contributed by atoms with van der Waals surface area (Å²) in [5, 5.41) is 8.70. The molecule has 100 valence electrons. The molecule has 0 aromatic carbocycles. The van der Waals surface area contributed by atoms with Crippen LogP contribution in [-0.2, 0) is 14.8 Å². The van der Waals surface area contributed by atoms with E-state index in [1.165, 1.54) is 4.31 Å². The van der Waals surface area contributed by atoms with E-state index in [0.717, 1.165) is 6.42 Å². The zero-order chi connectivity index (χ0) is 13.4. The van der Waals surface area contributed by atoms with E-state index < -0.39 is 32.7 Å². The molecule has 0 spiro atoms. The number of aliphatic carboxylic acids is 1. The minimum Gasteiger partial charge on any atom is -0.480 e. The highest BCUT2D eigenvalue weighted by Gasteiger charge is 2.47. The summed E-state index contributed by atoms with van der Waals surface area (Å²) in [6.07, 6.45) is 1.44. The van der Waals surface area contributed by atoms with Crippen molar-refractivity contribution in [3.8, 4) is 0 Å². The Labute approximate surface area is 103 Å². The lowest BCUT2D eigenvalue weighted by molar-refractivity contribution is -0.147. The van der Waals surface area contributed by atoms with Gasteiger partial charge in [0.1, 0.15) is 6.04 Å². The lowest BCUT2D eigenvalue weighted by Gasteiger charge is -2.43. The molecule has 5 nitrogen and oxygen atoms in total. The van der Waals surface area contributed by atoms with Crippen molar-refractivity contribution in [2.75, 3.05) is 6.54 Å². The minimum atomic E-state index is -3.51. The number of carboxylic acid groups (broad SMARTS) is 1. The molecular weight excluding hydrogens is 242 g/mol. The highest BCUT2D eigenvalue weighted by molar-refractivity contribution is 7.89. The van der Waals surface area contributed by atoms with Crippen molar-refractivity contribution >= 4 is 16.0 Å². The first-order valence-electron chi connectivity index (χ1n) is 5.84. The maximum absolute atomic E-state index is 12.2. The van der Waals surface area contributed by atoms with Gasteiger partial charge in [-0.3, -0.25) is 4.79 Å². The van der Waals surface area contributed by atoms with E-state index in [-0.39, 0.29) is 0 Å². The molecule has 1 unspecified atom stereocenters. The van der Waals surface area contributed by atoms with E-state index in [1.54, 1.807) is 13.8 Å². The fourth-order valence-electron chi connectivity index (χ4n) is 2.35. The molecule has 0 aromatic rings. The van der Waals surface area contributed by atoms with Crippen molar-refractivity contribution in [2.45, 2.75) is 51.8 Å². The normalized spacial score (nSPS) is 26.1. The summed E-state index contributed by atoms with van der Waals surface area (Å²) in [6.45, 7) is 7.09. The summed E-state index contributed by atoms with van der Waals surface area (Å²) in [4.78, 5) is 11.3. The van der Waals surface area contributed by atoms with Gasteiger partial charge in [0, 0.05) is 6.54 Å². The Kier molecular flexibility index (Phi) is 3.88. The van der Waals surface area contributed by atoms with E-state index in [1.807, 2.05) is 13.8 Å². The maximum Gasteiger partial charge on any atom is 0.322 e. The van der Waals surface area contributed by atoms with Crippen LogP contribution in [0.25, 0.3) is 0 Å². The number of carbonyl (C=O) groups is 1. The number of sulfonamides is 1. The zero-order valence-corrected chi connectivity index (χ0v) is 11.6. The van der Waals surface area contributed by atoms with Gasteiger partial charge in [-0.25, -0.2) is 8.42 Å². The molecule has 17 heavy (non-hydrogen) atoms. The predicted molar refractivity (Wildman–Crippen MR) is 65.2 cm³/mol. The first kappa shape index (κ1) is 14.4. The average Bonchev–Trinajstić information content (AvgIpc) is 2.14. The second-order valence-electron chi connectivity index (χ2n) is 5.54. The number of carboxylic acids is 1. The van der Waals surface area contributed by atoms with Crippen LogP contribution in [-0.4, -0.2) is 41.6 Å². The molecule has 0 aromatic heterocycles. The SMILES string of the molecule is CC(C)S(=O)(=O)N1CCCC(C)(C)C1C(=O)O. The third kappa shape index (κ3) is 2.63. The van der Waals surface area contributed by atoms with Gasteiger partial charge >= 0.3 is 5.97 Å². The lowest BCUT2D eigenvalue weighted by Crippen LogP contribution is -2.57. The Bertz CT molecular complexity index is 400. The van der Waals surface area contributed by atoms with Gasteiger partial charge in [-0.2, -0.15) is 4.31 Å². The second-order valence-corrected chi connectivity index (χ2v) is 7.98. The molecule has 0 saturated carbocycles. The third-order valence-electron chi connectivity index (χ3n) is 3.38. The molecule has 0 aliphatic carbocycles. The van der Waals surface area contributed by atoms with E-state index in [2.05, 4.69) is 0 Å². The van der Waals surface area contributed by atoms with Crippen LogP contribution < -0.4 is 0 Å². The summed E-state index contributed by atoms with van der Waals surface area (Å²) in [5.41, 5.74) is -0.522. The maximum atomic E-state index is 12.2. The summed E-state index contributed by atoms with van der Waals surface area (Å²) < 4.78 is 25.5. The summed E-state index contributed by atoms with van der Waals surface area (Å²) in [6, 6.07) is -0.955. The third-order valence-corrected chi connectivity index (χ3v) is 5.62. The molecule has 0 bridgehead atoms. The van der Waals surface area contributed by atoms with Crippen LogP contribution in [0.1, 0.15) is 40.5 Å². The highest BCUT2D eigenvalue weighted by atomic mass is 32.2. The topological polar surface area (TPSA) is 74.7 Å². The Balaban J connectivity index is 3.18. The van der Waals surface area contributed by atoms with Gasteiger partial charge in [0.05, 0.1) is 5.25 Å². The van der Waals surface area contributed by atoms with Crippen molar-refractivity contribution < 1.29 is 18.3 Å². The molecule has 1 rings (SSSR count). The number of piperidine rings is 1. The van der Waals surface area contributed by atoms with Gasteiger partial charge in [-0.15, -0.1) is 0 Å². The van der Waals surface area contributed by atoms with Gasteiger partial charge < -0.3 is 5.11 Å². The smallest absolute Gasteiger partial charge is 0.322 e. The molecule has 1 heterocycles. The molecule has 1 aliphatic heterocycles. The van der Waals surface area contributed by atoms with E-state index >= 15 is 0 Å². The molecule has 1 saturated heterocycles. The lowest BCUT2D eigenvalue weighted by atomic mass is 9.77. The van der Waals surface area contributed by atoms with E-state index in [4.69, 9.17) is 0 Å². The van der Waals surface area contributed by atoms with Crippen LogP contribution in [0.4, 0.5) is 0 Å². The average molecular weight is 263 g/mol. The summed E-state index contributed by atoms with van der Waals surface area (Å²) in [5.74, 6) is -1.06. The van der Waals surface area contributed by atoms with Gasteiger partial charge in [0.2, 0.25) is 10.0 Å². The van der Waals surface area contributed by atoms with E-state index in [0.29, 0.717) is 13.0 Å². The van der Waals surface area contributed by atoms with Crippen molar-refractivity contribution in [1.82, 2.24) is 4.31 Å². The number of hydrogen-bond acceptors (Lipinski definition) is 3. The summed E-state index contributed by atoms with van der Waals surface area (Å²) in [7, 11) is -3.51. The van der Waals surface area contributed by atoms with Gasteiger partial charge in [0.25, 0.3) is 0 Å². The van der Waals surface area contributed by atoms with Crippen LogP contribution in [0.3, 0.4) is 0 Å². The van der Waals surface area contributed by atoms with Crippen molar-refractivity contribution in [2.24, 2.45) is 5.41 Å². The van der Waals surface area contributed by atoms with Gasteiger partial charge in [-0.1, -0.05) is 13.8 Å². The predicted octanol–water partition coefficient (Wildman–Crippen LogP) is 1.30. The molecule has 1 atom stereocenters. The van der Waals surface area contributed by atoms with Crippen molar-refractivity contribution in [3.63, 3.8) is 0 Å². The van der Waals surface area contributed by atoms with Crippen molar-refractivity contribution in [3.05, 3.63) is 0 Å². The Hall–Kier alpha value is -0.620. The van der Waals surface area contributed by atoms with Crippen LogP contribution >= 0.6 is 0 Å². The number of rotatable bonds is 3. The van der Waals surface area contributed by atoms with Gasteiger partial charge in [0.15, 0.2) is 0 Å². The van der Waals surface area contributed by atoms with Crippen LogP contribution in [0.15, 0.2) is 0 Å². The second kappa shape index (κ2) is 4.57. The number of hydrogen-bond donors (Lipinski definition) is 1. The Morgan fingerprint density at radius 2 is 1.94 bits per heavy atom. The first-order valence-corrected chi connectivity index (χ1v) is 7.34. The monoisotopic (exact) mass is 263 g/mol. The minimum absolute atomic E-state index is 0.306. The quantitative estimate of drug-likeness (QED) is 0.833. The zero-order valence-electron chi connectivity index (χ0n) is 10.8. The highest BCUT2D eigenvalue weighted by Crippen LogP contribution is 2.37. The molecule has 0 amide bonds. The molecule has 6 heteroatoms. The van der Waals surface area contributed by atoms with Gasteiger partial charge in [-0.05, 0) is 32.1 Å². The Morgan fingerprint density at radius 3 is 2.35 bits per heavy atom. The first-order chi connectivity index (χ1) is 7.60. The Morgan fingerprint density at radius 1 is 1.41 bits per heavy atom. The van der Waals surface area contributed by atoms with Crippen LogP contribution in [0.2, 0.25) is 0 Å². The molecule has 1 N–H and O–H groups in total. The van der Waals surface area contributed by atoms with Crippen LogP contribution in [0, 0.1) is 5.41 Å². The van der Waals surface area contributed by atoms with E-state index in [9.17, 15) is 18.3 Å². The standard InChI is InChI=1S/C11H21NO4S/c1-8(2)17(15,16)12-7-5-6-11(3,4)9(12)10(13)14/h8-9H,5-7H2,1-4H3,(H,13,14). The van der Waals surface area contributed by atoms with Crippen molar-refractivity contribution in [1.29, 1.82) is 0 Å². The summed E-state index contributed by atoms with van der Waals surface area (Å²) >= 11 is 0. The molecule has 1 aliphatic rings. The molecule has 1 fully saturated rings. The fraction of sp³-hybridized carbons (Fsp3) is 0.909. The largest absolute Gasteiger partial charge is 0.480 e.